The van der Waals surface area contributed by atoms with Gasteiger partial charge in [0.15, 0.2) is 49.6 Å². The van der Waals surface area contributed by atoms with Crippen LogP contribution in [-0.2, 0) is 66.5 Å². The lowest BCUT2D eigenvalue weighted by molar-refractivity contribution is -0.397. The smallest absolute Gasteiger partial charge is 0.309 e. The van der Waals surface area contributed by atoms with Gasteiger partial charge in [-0.05, 0) is 53.4 Å². The molecular formula is C49H84O20. The summed E-state index contributed by atoms with van der Waals surface area (Å²) in [6, 6.07) is 0. The van der Waals surface area contributed by atoms with Gasteiger partial charge in [0, 0.05) is 6.42 Å². The zero-order chi connectivity index (χ0) is 50.7. The molecule has 0 aliphatic carbocycles. The first kappa shape index (κ1) is 57.7. The van der Waals surface area contributed by atoms with Gasteiger partial charge in [0.25, 0.3) is 0 Å². The van der Waals surface area contributed by atoms with E-state index >= 15 is 0 Å². The minimum absolute atomic E-state index is 0.0263. The highest BCUT2D eigenvalue weighted by Crippen LogP contribution is 2.38. The number of aliphatic hydroxyl groups excluding tert-OH is 6. The van der Waals surface area contributed by atoms with E-state index in [0.717, 1.165) is 70.6 Å². The molecule has 5 aliphatic rings. The summed E-state index contributed by atoms with van der Waals surface area (Å²) in [5, 5.41) is 69.0. The number of aliphatic hydroxyl groups is 6. The molecule has 0 aromatic carbocycles. The lowest BCUT2D eigenvalue weighted by atomic mass is 9.96. The third kappa shape index (κ3) is 15.2. The number of carbonyl (C=O) groups is 3. The van der Waals surface area contributed by atoms with Crippen molar-refractivity contribution < 1.29 is 97.1 Å². The molecule has 20 heteroatoms. The molecule has 0 amide bonds. The Kier molecular flexibility index (Phi) is 22.8. The molecule has 2 bridgehead atoms. The third-order valence-corrected chi connectivity index (χ3v) is 14.1. The van der Waals surface area contributed by atoms with E-state index in [2.05, 4.69) is 6.92 Å². The Hall–Kier alpha value is -2.15. The minimum atomic E-state index is -1.78. The molecular weight excluding hydrogens is 909 g/mol. The van der Waals surface area contributed by atoms with Crippen LogP contribution in [-0.4, -0.2) is 177 Å². The van der Waals surface area contributed by atoms with Crippen LogP contribution in [0.15, 0.2) is 0 Å². The summed E-state index contributed by atoms with van der Waals surface area (Å²) in [6.45, 7) is 14.9. The second kappa shape index (κ2) is 27.2. The van der Waals surface area contributed by atoms with E-state index in [0.29, 0.717) is 12.8 Å². The van der Waals surface area contributed by atoms with Gasteiger partial charge in [0.2, 0.25) is 0 Å². The summed E-state index contributed by atoms with van der Waals surface area (Å²) in [6.07, 6.45) is -18.3. The Morgan fingerprint density at radius 3 is 1.83 bits per heavy atom. The zero-order valence-electron chi connectivity index (χ0n) is 42.1. The number of carbonyl (C=O) groups excluding carboxylic acids is 3. The molecule has 5 rings (SSSR count). The van der Waals surface area contributed by atoms with Crippen molar-refractivity contribution in [3.05, 3.63) is 0 Å². The van der Waals surface area contributed by atoms with E-state index in [4.69, 9.17) is 52.1 Å². The molecule has 0 aromatic heterocycles. The van der Waals surface area contributed by atoms with E-state index in [1.807, 2.05) is 0 Å². The van der Waals surface area contributed by atoms with Gasteiger partial charge in [-0.15, -0.1) is 0 Å². The van der Waals surface area contributed by atoms with Crippen LogP contribution in [0.5, 0.6) is 0 Å². The maximum absolute atomic E-state index is 13.6. The molecule has 0 radical (unpaired) electrons. The zero-order valence-corrected chi connectivity index (χ0v) is 42.1. The highest BCUT2D eigenvalue weighted by atomic mass is 16.8. The summed E-state index contributed by atoms with van der Waals surface area (Å²) in [5.74, 6) is -3.19. The molecule has 0 aromatic rings. The van der Waals surface area contributed by atoms with E-state index in [1.165, 1.54) is 20.8 Å². The average molecular weight is 993 g/mol. The Labute approximate surface area is 407 Å². The van der Waals surface area contributed by atoms with Crippen molar-refractivity contribution in [1.82, 2.24) is 0 Å². The normalized spacial score (nSPS) is 42.7. The fraction of sp³-hybridized carbons (Fsp3) is 0.939. The lowest BCUT2D eigenvalue weighted by Crippen LogP contribution is -2.67. The first-order valence-electron chi connectivity index (χ1n) is 25.7. The molecule has 6 N–H and O–H groups in total. The van der Waals surface area contributed by atoms with Crippen molar-refractivity contribution in [2.45, 2.75) is 281 Å². The molecule has 5 aliphatic heterocycles. The minimum Gasteiger partial charge on any atom is -0.457 e. The summed E-state index contributed by atoms with van der Waals surface area (Å²) in [7, 11) is 0. The van der Waals surface area contributed by atoms with Crippen LogP contribution < -0.4 is 0 Å². The molecule has 5 heterocycles. The number of fused-ring (bicyclic) bond motifs is 3. The fourth-order valence-electron chi connectivity index (χ4n) is 9.31. The van der Waals surface area contributed by atoms with Gasteiger partial charge in [-0.25, -0.2) is 0 Å². The Morgan fingerprint density at radius 1 is 0.565 bits per heavy atom. The van der Waals surface area contributed by atoms with Gasteiger partial charge < -0.3 is 82.7 Å². The van der Waals surface area contributed by atoms with Crippen molar-refractivity contribution in [3.63, 3.8) is 0 Å². The van der Waals surface area contributed by atoms with E-state index in [1.54, 1.807) is 34.6 Å². The number of rotatable bonds is 13. The Balaban J connectivity index is 1.49. The maximum atomic E-state index is 13.6. The van der Waals surface area contributed by atoms with E-state index < -0.39 is 153 Å². The molecule has 69 heavy (non-hydrogen) atoms. The molecule has 5 saturated heterocycles. The van der Waals surface area contributed by atoms with Crippen LogP contribution in [0.3, 0.4) is 0 Å². The molecule has 0 spiro atoms. The van der Waals surface area contributed by atoms with Gasteiger partial charge >= 0.3 is 17.9 Å². The van der Waals surface area contributed by atoms with Crippen LogP contribution in [0.4, 0.5) is 0 Å². The standard InChI is InChI=1S/C49H84O20/c1-10-12-18-21-30-22-19-16-14-13-15-17-20-23-31(50)64-40-33(52)27(7)60-49(68-41-34(53)32(51)26(6)59-47(41)63-30)43(40)69-48-42(66-45(58)25(5)11-2)37(56)39(29(9)62-48)67-46-36(55)35(54)38(28(8)61-46)65-44(57)24(3)4/h24-30,32-43,46-49,51-56H,10-23H2,1-9H3. The van der Waals surface area contributed by atoms with Gasteiger partial charge in [0.1, 0.15) is 48.8 Å². The summed E-state index contributed by atoms with van der Waals surface area (Å²) >= 11 is 0. The summed E-state index contributed by atoms with van der Waals surface area (Å²) < 4.78 is 68.1. The molecule has 5 fully saturated rings. The van der Waals surface area contributed by atoms with Crippen molar-refractivity contribution in [2.75, 3.05) is 0 Å². The number of hydrogen-bond acceptors (Lipinski definition) is 20. The first-order valence-corrected chi connectivity index (χ1v) is 25.7. The predicted molar refractivity (Wildman–Crippen MR) is 243 cm³/mol. The van der Waals surface area contributed by atoms with Crippen molar-refractivity contribution in [2.24, 2.45) is 11.8 Å². The lowest BCUT2D eigenvalue weighted by Gasteiger charge is -2.50. The quantitative estimate of drug-likeness (QED) is 0.0878. The van der Waals surface area contributed by atoms with Crippen molar-refractivity contribution in [3.8, 4) is 0 Å². The number of ether oxygens (including phenoxy) is 11. The van der Waals surface area contributed by atoms with Gasteiger partial charge in [-0.3, -0.25) is 14.4 Å². The molecule has 400 valence electrons. The van der Waals surface area contributed by atoms with Gasteiger partial charge in [-0.1, -0.05) is 92.4 Å². The first-order chi connectivity index (χ1) is 32.8. The molecule has 20 nitrogen and oxygen atoms in total. The highest BCUT2D eigenvalue weighted by Gasteiger charge is 2.57. The van der Waals surface area contributed by atoms with E-state index in [-0.39, 0.29) is 12.5 Å². The maximum Gasteiger partial charge on any atom is 0.309 e. The summed E-state index contributed by atoms with van der Waals surface area (Å²) in [4.78, 5) is 39.6. The Morgan fingerprint density at radius 2 is 1.16 bits per heavy atom. The topological polar surface area (TPSA) is 274 Å². The fourth-order valence-corrected chi connectivity index (χ4v) is 9.31. The second-order valence-corrected chi connectivity index (χ2v) is 20.1. The largest absolute Gasteiger partial charge is 0.457 e. The van der Waals surface area contributed by atoms with Crippen molar-refractivity contribution in [1.29, 1.82) is 0 Å². The average Bonchev–Trinajstić information content (AvgIpc) is 3.30. The summed E-state index contributed by atoms with van der Waals surface area (Å²) in [5.41, 5.74) is 0. The monoisotopic (exact) mass is 993 g/mol. The van der Waals surface area contributed by atoms with Gasteiger partial charge in [0.05, 0.1) is 42.4 Å². The van der Waals surface area contributed by atoms with Gasteiger partial charge in [-0.2, -0.15) is 0 Å². The van der Waals surface area contributed by atoms with Crippen LogP contribution in [0.1, 0.15) is 152 Å². The predicted octanol–water partition coefficient (Wildman–Crippen LogP) is 3.21. The molecule has 0 saturated carbocycles. The Bertz CT molecular complexity index is 1570. The van der Waals surface area contributed by atoms with Crippen molar-refractivity contribution >= 4 is 17.9 Å². The number of unbranched alkanes of at least 4 members (excludes halogenated alkanes) is 2. The third-order valence-electron chi connectivity index (χ3n) is 14.1. The van der Waals surface area contributed by atoms with Crippen LogP contribution in [0.2, 0.25) is 0 Å². The second-order valence-electron chi connectivity index (χ2n) is 20.1. The number of esters is 3. The van der Waals surface area contributed by atoms with Crippen LogP contribution in [0, 0.1) is 11.8 Å². The molecule has 22 atom stereocenters. The van der Waals surface area contributed by atoms with Crippen LogP contribution >= 0.6 is 0 Å². The van der Waals surface area contributed by atoms with Crippen LogP contribution in [0.25, 0.3) is 0 Å². The van der Waals surface area contributed by atoms with E-state index in [9.17, 15) is 45.0 Å². The highest BCUT2D eigenvalue weighted by molar-refractivity contribution is 5.72. The molecule has 22 unspecified atom stereocenters. The number of hydrogen-bond donors (Lipinski definition) is 6. The SMILES string of the molecule is CCCCCC1CCCCCCCCCC(=O)OC2C(O)C(C)OC(OC3C(O1)OC(C)C(O)C3O)C2OC1OC(C)C(OC2OC(C)C(OC(=O)C(C)C)C(O)C2O)C(O)C1OC(=O)C(C)CC.